The topological polar surface area (TPSA) is 55.4 Å². The van der Waals surface area contributed by atoms with Crippen molar-refractivity contribution in [1.82, 2.24) is 0 Å². The molecule has 0 heterocycles. The zero-order valence-corrected chi connectivity index (χ0v) is 15.2. The van der Waals surface area contributed by atoms with Gasteiger partial charge in [0.05, 0.1) is 10.7 Å². The summed E-state index contributed by atoms with van der Waals surface area (Å²) in [6.07, 6.45) is -1.01. The first-order chi connectivity index (χ1) is 11.9. The van der Waals surface area contributed by atoms with Gasteiger partial charge in [-0.3, -0.25) is 9.59 Å². The minimum atomic E-state index is -1.01. The van der Waals surface area contributed by atoms with E-state index >= 15 is 0 Å². The first-order valence-electron chi connectivity index (χ1n) is 7.55. The highest BCUT2D eigenvalue weighted by molar-refractivity contribution is 8.00. The minimum Gasteiger partial charge on any atom is -0.452 e. The Morgan fingerprint density at radius 1 is 1.16 bits per heavy atom. The highest BCUT2D eigenvalue weighted by atomic mass is 35.5. The third-order valence-electron chi connectivity index (χ3n) is 3.24. The van der Waals surface area contributed by atoms with Crippen molar-refractivity contribution in [3.63, 3.8) is 0 Å². The smallest absolute Gasteiger partial charge is 0.319 e. The number of hydrogen-bond donors (Lipinski definition) is 1. The summed E-state index contributed by atoms with van der Waals surface area (Å²) < 4.78 is 18.2. The third kappa shape index (κ3) is 5.76. The second kappa shape index (κ2) is 8.87. The molecule has 0 aliphatic rings. The van der Waals surface area contributed by atoms with E-state index < -0.39 is 29.0 Å². The third-order valence-corrected chi connectivity index (χ3v) is 4.64. The Hall–Kier alpha value is -2.05. The van der Waals surface area contributed by atoms with E-state index in [4.69, 9.17) is 16.3 Å². The summed E-state index contributed by atoms with van der Waals surface area (Å²) in [5, 5.41) is 2.11. The van der Waals surface area contributed by atoms with Crippen molar-refractivity contribution in [2.75, 3.05) is 5.32 Å². The summed E-state index contributed by atoms with van der Waals surface area (Å²) >= 11 is 7.20. The van der Waals surface area contributed by atoms with Crippen molar-refractivity contribution in [3.8, 4) is 0 Å². The molecule has 2 atom stereocenters. The maximum atomic E-state index is 13.0. The number of carbonyl (C=O) groups excluding carboxylic acids is 2. The Morgan fingerprint density at radius 3 is 2.48 bits per heavy atom. The van der Waals surface area contributed by atoms with Gasteiger partial charge in [-0.15, -0.1) is 11.8 Å². The molecule has 0 saturated heterocycles. The number of esters is 1. The molecule has 0 saturated carbocycles. The summed E-state index contributed by atoms with van der Waals surface area (Å²) in [6.45, 7) is 3.17. The first-order valence-corrected chi connectivity index (χ1v) is 8.80. The molecule has 0 unspecified atom stereocenters. The minimum absolute atomic E-state index is 0.0693. The van der Waals surface area contributed by atoms with Gasteiger partial charge in [-0.2, -0.15) is 0 Å². The lowest BCUT2D eigenvalue weighted by Gasteiger charge is -2.17. The lowest BCUT2D eigenvalue weighted by Crippen LogP contribution is -2.32. The second-order valence-corrected chi connectivity index (χ2v) is 7.09. The van der Waals surface area contributed by atoms with Crippen LogP contribution < -0.4 is 5.32 Å². The second-order valence-electron chi connectivity index (χ2n) is 5.27. The van der Waals surface area contributed by atoms with Crippen LogP contribution in [0.25, 0.3) is 0 Å². The molecule has 0 bridgehead atoms. The number of anilines is 1. The van der Waals surface area contributed by atoms with Gasteiger partial charge in [0.15, 0.2) is 6.10 Å². The van der Waals surface area contributed by atoms with E-state index in [-0.39, 0.29) is 10.7 Å². The number of halogens is 2. The van der Waals surface area contributed by atoms with E-state index in [0.717, 1.165) is 11.0 Å². The van der Waals surface area contributed by atoms with Crippen molar-refractivity contribution in [2.45, 2.75) is 30.1 Å². The molecular weight excluding hydrogens is 365 g/mol. The molecule has 132 valence electrons. The quantitative estimate of drug-likeness (QED) is 0.590. The molecule has 2 aromatic rings. The lowest BCUT2D eigenvalue weighted by atomic mass is 10.3. The number of carbonyl (C=O) groups is 2. The Balaban J connectivity index is 1.90. The molecule has 2 rings (SSSR count). The summed E-state index contributed by atoms with van der Waals surface area (Å²) in [5.41, 5.74) is 0.252. The average Bonchev–Trinajstić information content (AvgIpc) is 2.58. The number of rotatable bonds is 6. The van der Waals surface area contributed by atoms with Crippen molar-refractivity contribution < 1.29 is 18.7 Å². The Bertz CT molecular complexity index is 757. The zero-order valence-electron chi connectivity index (χ0n) is 13.7. The molecule has 1 amide bonds. The normalized spacial score (nSPS) is 13.0. The summed E-state index contributed by atoms with van der Waals surface area (Å²) in [5.74, 6) is -1.55. The van der Waals surface area contributed by atoms with Crippen molar-refractivity contribution >= 4 is 40.9 Å². The van der Waals surface area contributed by atoms with Crippen LogP contribution in [0.15, 0.2) is 53.4 Å². The number of amides is 1. The van der Waals surface area contributed by atoms with Gasteiger partial charge in [-0.05, 0) is 44.2 Å². The number of nitrogens with one attached hydrogen (secondary N) is 1. The molecule has 0 aliphatic carbocycles. The highest BCUT2D eigenvalue weighted by Gasteiger charge is 2.23. The van der Waals surface area contributed by atoms with Crippen LogP contribution >= 0.6 is 23.4 Å². The molecule has 0 spiro atoms. The van der Waals surface area contributed by atoms with Gasteiger partial charge < -0.3 is 10.1 Å². The number of thioether (sulfide) groups is 1. The van der Waals surface area contributed by atoms with Crippen LogP contribution in [0.5, 0.6) is 0 Å². The molecule has 25 heavy (non-hydrogen) atoms. The van der Waals surface area contributed by atoms with Gasteiger partial charge in [0.1, 0.15) is 11.1 Å². The van der Waals surface area contributed by atoms with E-state index in [1.54, 1.807) is 6.92 Å². The van der Waals surface area contributed by atoms with Gasteiger partial charge in [0, 0.05) is 4.90 Å². The van der Waals surface area contributed by atoms with Gasteiger partial charge in [0.2, 0.25) is 0 Å². The maximum Gasteiger partial charge on any atom is 0.319 e. The van der Waals surface area contributed by atoms with Crippen LogP contribution in [0.4, 0.5) is 10.1 Å². The van der Waals surface area contributed by atoms with Crippen LogP contribution in [-0.4, -0.2) is 23.2 Å². The lowest BCUT2D eigenvalue weighted by molar-refractivity contribution is -0.152. The largest absolute Gasteiger partial charge is 0.452 e. The molecule has 4 nitrogen and oxygen atoms in total. The Kier molecular flexibility index (Phi) is 6.84. The average molecular weight is 382 g/mol. The molecular formula is C18H17ClFNO3S. The van der Waals surface area contributed by atoms with E-state index in [1.165, 1.54) is 30.8 Å². The molecule has 0 radical (unpaired) electrons. The monoisotopic (exact) mass is 381 g/mol. The van der Waals surface area contributed by atoms with Gasteiger partial charge in [-0.25, -0.2) is 4.39 Å². The Labute approximate surface area is 154 Å². The predicted octanol–water partition coefficient (Wildman–Crippen LogP) is 4.53. The van der Waals surface area contributed by atoms with Gasteiger partial charge in [0.25, 0.3) is 5.91 Å². The van der Waals surface area contributed by atoms with Gasteiger partial charge >= 0.3 is 5.97 Å². The SMILES string of the molecule is C[C@H](Sc1ccccc1)C(=O)O[C@H](C)C(=O)Nc1ccc(F)cc1Cl. The molecule has 2 aromatic carbocycles. The highest BCUT2D eigenvalue weighted by Crippen LogP contribution is 2.25. The fourth-order valence-corrected chi connectivity index (χ4v) is 2.99. The van der Waals surface area contributed by atoms with Crippen LogP contribution in [0.1, 0.15) is 13.8 Å². The number of hydrogen-bond acceptors (Lipinski definition) is 4. The van der Waals surface area contributed by atoms with Crippen molar-refractivity contribution in [1.29, 1.82) is 0 Å². The van der Waals surface area contributed by atoms with E-state index in [2.05, 4.69) is 5.32 Å². The van der Waals surface area contributed by atoms with E-state index in [0.29, 0.717) is 0 Å². The van der Waals surface area contributed by atoms with E-state index in [9.17, 15) is 14.0 Å². The number of ether oxygens (including phenoxy) is 1. The zero-order chi connectivity index (χ0) is 18.4. The fraction of sp³-hybridized carbons (Fsp3) is 0.222. The maximum absolute atomic E-state index is 13.0. The van der Waals surface area contributed by atoms with Crippen LogP contribution in [0, 0.1) is 5.82 Å². The van der Waals surface area contributed by atoms with Crippen molar-refractivity contribution in [2.24, 2.45) is 0 Å². The summed E-state index contributed by atoms with van der Waals surface area (Å²) in [4.78, 5) is 25.2. The summed E-state index contributed by atoms with van der Waals surface area (Å²) in [6, 6.07) is 13.0. The molecule has 1 N–H and O–H groups in total. The molecule has 0 fully saturated rings. The predicted molar refractivity (Wildman–Crippen MR) is 97.4 cm³/mol. The van der Waals surface area contributed by atoms with E-state index in [1.807, 2.05) is 30.3 Å². The van der Waals surface area contributed by atoms with Gasteiger partial charge in [-0.1, -0.05) is 29.8 Å². The van der Waals surface area contributed by atoms with Crippen LogP contribution in [0.2, 0.25) is 5.02 Å². The number of benzene rings is 2. The standard InChI is InChI=1S/C18H17ClFNO3S/c1-11(17(22)21-16-9-8-13(20)10-15(16)19)24-18(23)12(2)25-14-6-4-3-5-7-14/h3-12H,1-2H3,(H,21,22)/t11-,12+/m1/s1. The Morgan fingerprint density at radius 2 is 1.84 bits per heavy atom. The first kappa shape index (κ1) is 19.3. The molecule has 0 aromatic heterocycles. The van der Waals surface area contributed by atoms with Crippen LogP contribution in [0.3, 0.4) is 0 Å². The molecule has 7 heteroatoms. The molecule has 0 aliphatic heterocycles. The summed E-state index contributed by atoms with van der Waals surface area (Å²) in [7, 11) is 0. The van der Waals surface area contributed by atoms with Crippen LogP contribution in [-0.2, 0) is 14.3 Å². The fourth-order valence-electron chi connectivity index (χ4n) is 1.90. The van der Waals surface area contributed by atoms with Crippen molar-refractivity contribution in [3.05, 3.63) is 59.4 Å².